The van der Waals surface area contributed by atoms with E-state index in [1.165, 1.54) is 7.11 Å². The fourth-order valence-electron chi connectivity index (χ4n) is 2.27. The van der Waals surface area contributed by atoms with E-state index in [-0.39, 0.29) is 18.5 Å². The molecule has 8 heteroatoms. The molecule has 28 heavy (non-hydrogen) atoms. The van der Waals surface area contributed by atoms with Crippen molar-refractivity contribution in [3.63, 3.8) is 0 Å². The summed E-state index contributed by atoms with van der Waals surface area (Å²) in [6.07, 6.45) is 0. The molecule has 0 spiro atoms. The van der Waals surface area contributed by atoms with Gasteiger partial charge in [-0.15, -0.1) is 0 Å². The van der Waals surface area contributed by atoms with Gasteiger partial charge in [0, 0.05) is 32.1 Å². The first kappa shape index (κ1) is 21.2. The van der Waals surface area contributed by atoms with E-state index in [0.717, 1.165) is 11.3 Å². The molecule has 0 aromatic heterocycles. The first-order chi connectivity index (χ1) is 13.6. The lowest BCUT2D eigenvalue weighted by atomic mass is 10.2. The molecule has 3 N–H and O–H groups in total. The van der Waals surface area contributed by atoms with Crippen molar-refractivity contribution in [3.8, 4) is 5.75 Å². The summed E-state index contributed by atoms with van der Waals surface area (Å²) in [5.74, 6) is 0.513. The molecule has 2 aromatic rings. The number of anilines is 2. The molecule has 0 radical (unpaired) electrons. The molecule has 2 aromatic carbocycles. The highest BCUT2D eigenvalue weighted by molar-refractivity contribution is 5.93. The minimum absolute atomic E-state index is 0.0112. The average Bonchev–Trinajstić information content (AvgIpc) is 2.69. The Morgan fingerprint density at radius 2 is 1.46 bits per heavy atom. The topological polar surface area (TPSA) is 97.9 Å². The van der Waals surface area contributed by atoms with Crippen LogP contribution in [0.5, 0.6) is 5.75 Å². The van der Waals surface area contributed by atoms with Gasteiger partial charge < -0.3 is 30.2 Å². The Hall–Kier alpha value is -3.10. The number of benzene rings is 2. The van der Waals surface area contributed by atoms with E-state index < -0.39 is 0 Å². The van der Waals surface area contributed by atoms with Crippen LogP contribution in [0.3, 0.4) is 0 Å². The van der Waals surface area contributed by atoms with Crippen molar-refractivity contribution < 1.29 is 23.8 Å². The Morgan fingerprint density at radius 1 is 0.821 bits per heavy atom. The maximum absolute atomic E-state index is 12.0. The van der Waals surface area contributed by atoms with Crippen LogP contribution in [-0.4, -0.2) is 46.0 Å². The molecule has 0 heterocycles. The molecule has 0 saturated heterocycles. The van der Waals surface area contributed by atoms with Crippen molar-refractivity contribution in [3.05, 3.63) is 54.1 Å². The first-order valence-electron chi connectivity index (χ1n) is 8.75. The van der Waals surface area contributed by atoms with Crippen molar-refractivity contribution in [2.45, 2.75) is 6.54 Å². The second kappa shape index (κ2) is 11.6. The second-order valence-corrected chi connectivity index (χ2v) is 5.85. The molecular formula is C20H25N3O5. The standard InChI is InChI=1S/C20H25N3O5/c1-26-11-12-28-18-9-3-15(4-10-18)13-21-20(25)23-17-7-5-16(6-8-17)22-19(24)14-27-2/h3-10H,11-14H2,1-2H3,(H,22,24)(H2,21,23,25). The molecule has 0 fully saturated rings. The predicted octanol–water partition coefficient (Wildman–Crippen LogP) is 2.62. The number of rotatable bonds is 10. The van der Waals surface area contributed by atoms with Crippen molar-refractivity contribution in [1.82, 2.24) is 5.32 Å². The summed E-state index contributed by atoms with van der Waals surface area (Å²) in [5.41, 5.74) is 2.19. The van der Waals surface area contributed by atoms with E-state index in [1.54, 1.807) is 31.4 Å². The number of urea groups is 1. The van der Waals surface area contributed by atoms with E-state index >= 15 is 0 Å². The number of amides is 3. The van der Waals surface area contributed by atoms with Gasteiger partial charge in [0.25, 0.3) is 0 Å². The van der Waals surface area contributed by atoms with E-state index in [4.69, 9.17) is 14.2 Å². The maximum Gasteiger partial charge on any atom is 0.319 e. The van der Waals surface area contributed by atoms with Gasteiger partial charge in [0.1, 0.15) is 19.0 Å². The average molecular weight is 387 g/mol. The quantitative estimate of drug-likeness (QED) is 0.545. The molecule has 0 aliphatic heterocycles. The van der Waals surface area contributed by atoms with Gasteiger partial charge >= 0.3 is 6.03 Å². The normalized spacial score (nSPS) is 10.2. The predicted molar refractivity (Wildman–Crippen MR) is 107 cm³/mol. The zero-order chi connectivity index (χ0) is 20.2. The van der Waals surface area contributed by atoms with Gasteiger partial charge in [0.15, 0.2) is 0 Å². The lowest BCUT2D eigenvalue weighted by Gasteiger charge is -2.10. The third-order valence-corrected chi connectivity index (χ3v) is 3.63. The highest BCUT2D eigenvalue weighted by Gasteiger charge is 2.04. The third kappa shape index (κ3) is 7.65. The largest absolute Gasteiger partial charge is 0.491 e. The van der Waals surface area contributed by atoms with Crippen LogP contribution in [0.4, 0.5) is 16.2 Å². The minimum Gasteiger partial charge on any atom is -0.491 e. The van der Waals surface area contributed by atoms with Crippen LogP contribution in [0.1, 0.15) is 5.56 Å². The van der Waals surface area contributed by atoms with E-state index in [1.807, 2.05) is 24.3 Å². The summed E-state index contributed by atoms with van der Waals surface area (Å²) < 4.78 is 15.2. The van der Waals surface area contributed by atoms with Crippen LogP contribution in [0.15, 0.2) is 48.5 Å². The Bertz CT molecular complexity index is 747. The van der Waals surface area contributed by atoms with Crippen LogP contribution < -0.4 is 20.7 Å². The van der Waals surface area contributed by atoms with E-state index in [9.17, 15) is 9.59 Å². The zero-order valence-electron chi connectivity index (χ0n) is 16.0. The lowest BCUT2D eigenvalue weighted by Crippen LogP contribution is -2.28. The van der Waals surface area contributed by atoms with Crippen LogP contribution in [-0.2, 0) is 20.8 Å². The number of hydrogen-bond donors (Lipinski definition) is 3. The van der Waals surface area contributed by atoms with E-state index in [2.05, 4.69) is 16.0 Å². The molecule has 2 rings (SSSR count). The van der Waals surface area contributed by atoms with Crippen LogP contribution in [0.25, 0.3) is 0 Å². The highest BCUT2D eigenvalue weighted by Crippen LogP contribution is 2.14. The molecule has 8 nitrogen and oxygen atoms in total. The van der Waals surface area contributed by atoms with Crippen molar-refractivity contribution in [2.24, 2.45) is 0 Å². The molecule has 0 bridgehead atoms. The molecule has 0 saturated carbocycles. The fourth-order valence-corrected chi connectivity index (χ4v) is 2.27. The van der Waals surface area contributed by atoms with Gasteiger partial charge in [-0.25, -0.2) is 4.79 Å². The lowest BCUT2D eigenvalue weighted by molar-refractivity contribution is -0.119. The zero-order valence-corrected chi connectivity index (χ0v) is 16.0. The highest BCUT2D eigenvalue weighted by atomic mass is 16.5. The number of hydrogen-bond acceptors (Lipinski definition) is 5. The maximum atomic E-state index is 12.0. The second-order valence-electron chi connectivity index (χ2n) is 5.85. The Labute approximate surface area is 164 Å². The first-order valence-corrected chi connectivity index (χ1v) is 8.75. The molecule has 0 aliphatic rings. The number of carbonyl (C=O) groups excluding carboxylic acids is 2. The minimum atomic E-state index is -0.323. The number of nitrogens with one attached hydrogen (secondary N) is 3. The van der Waals surface area contributed by atoms with Gasteiger partial charge in [0.05, 0.1) is 6.61 Å². The molecule has 3 amide bonds. The monoisotopic (exact) mass is 387 g/mol. The van der Waals surface area contributed by atoms with E-state index in [0.29, 0.717) is 31.1 Å². The van der Waals surface area contributed by atoms with Gasteiger partial charge in [-0.2, -0.15) is 0 Å². The van der Waals surface area contributed by atoms with Crippen LogP contribution >= 0.6 is 0 Å². The van der Waals surface area contributed by atoms with Gasteiger partial charge in [-0.1, -0.05) is 12.1 Å². The Morgan fingerprint density at radius 3 is 2.07 bits per heavy atom. The molecular weight excluding hydrogens is 362 g/mol. The van der Waals surface area contributed by atoms with Crippen LogP contribution in [0, 0.1) is 0 Å². The van der Waals surface area contributed by atoms with Crippen LogP contribution in [0.2, 0.25) is 0 Å². The summed E-state index contributed by atoms with van der Waals surface area (Å²) in [6.45, 7) is 1.40. The molecule has 0 unspecified atom stereocenters. The van der Waals surface area contributed by atoms with Crippen molar-refractivity contribution in [2.75, 3.05) is 44.7 Å². The van der Waals surface area contributed by atoms with Gasteiger partial charge in [-0.3, -0.25) is 4.79 Å². The molecule has 0 aliphatic carbocycles. The van der Waals surface area contributed by atoms with Crippen molar-refractivity contribution >= 4 is 23.3 Å². The number of carbonyl (C=O) groups is 2. The summed E-state index contributed by atoms with van der Waals surface area (Å²) in [6, 6.07) is 14.0. The summed E-state index contributed by atoms with van der Waals surface area (Å²) in [4.78, 5) is 23.5. The molecule has 0 atom stereocenters. The SMILES string of the molecule is COCCOc1ccc(CNC(=O)Nc2ccc(NC(=O)COC)cc2)cc1. The fraction of sp³-hybridized carbons (Fsp3) is 0.300. The van der Waals surface area contributed by atoms with Crippen molar-refractivity contribution in [1.29, 1.82) is 0 Å². The smallest absolute Gasteiger partial charge is 0.319 e. The summed E-state index contributed by atoms with van der Waals surface area (Å²) >= 11 is 0. The van der Waals surface area contributed by atoms with Gasteiger partial charge in [0.2, 0.25) is 5.91 Å². The number of ether oxygens (including phenoxy) is 3. The number of methoxy groups -OCH3 is 2. The van der Waals surface area contributed by atoms with Gasteiger partial charge in [-0.05, 0) is 42.0 Å². The third-order valence-electron chi connectivity index (χ3n) is 3.63. The molecule has 150 valence electrons. The Balaban J connectivity index is 1.75. The summed E-state index contributed by atoms with van der Waals surface area (Å²) in [5, 5.41) is 8.20. The summed E-state index contributed by atoms with van der Waals surface area (Å²) in [7, 11) is 3.08. The Kier molecular flexibility index (Phi) is 8.77.